The number of aromatic nitrogens is 1. The summed E-state index contributed by atoms with van der Waals surface area (Å²) in [6, 6.07) is 8.29. The van der Waals surface area contributed by atoms with Crippen LogP contribution in [0.1, 0.15) is 35.4 Å². The third-order valence-corrected chi connectivity index (χ3v) is 11.7. The van der Waals surface area contributed by atoms with E-state index in [-0.39, 0.29) is 11.3 Å². The second-order valence-electron chi connectivity index (χ2n) is 10.3. The smallest absolute Gasteiger partial charge is 0.361 e. The van der Waals surface area contributed by atoms with Gasteiger partial charge in [-0.1, -0.05) is 24.3 Å². The van der Waals surface area contributed by atoms with Crippen LogP contribution >= 0.6 is 0 Å². The summed E-state index contributed by atoms with van der Waals surface area (Å²) < 4.78 is 145. The number of likely N-dealkylation sites (tertiary alicyclic amines) is 1. The first-order valence-electron chi connectivity index (χ1n) is 13.0. The highest BCUT2D eigenvalue weighted by atomic mass is 32.3. The SMILES string of the molecule is CN1CCC(c2c[nH]c3ccc(N(S(=O)(=O)C(F)(F)c4ccccc4F)S(=O)(=O)C(F)(F)c4ccccc4F)cc23)CC1. The Bertz CT molecular complexity index is 1800. The molecule has 0 amide bonds. The second kappa shape index (κ2) is 10.9. The van der Waals surface area contributed by atoms with Crippen LogP contribution in [0.25, 0.3) is 10.9 Å². The van der Waals surface area contributed by atoms with Crippen molar-refractivity contribution in [1.29, 1.82) is 0 Å². The summed E-state index contributed by atoms with van der Waals surface area (Å²) in [5, 5.41) is -10.5. The number of hydrogen-bond acceptors (Lipinski definition) is 5. The van der Waals surface area contributed by atoms with Crippen molar-refractivity contribution in [2.75, 3.05) is 23.8 Å². The fraction of sp³-hybridized carbons (Fsp3) is 0.286. The molecule has 1 N–H and O–H groups in total. The van der Waals surface area contributed by atoms with Crippen molar-refractivity contribution in [2.45, 2.75) is 29.3 Å². The molecule has 0 bridgehead atoms. The molecule has 1 aliphatic heterocycles. The lowest BCUT2D eigenvalue weighted by Gasteiger charge is -2.32. The number of fused-ring (bicyclic) bond motifs is 1. The van der Waals surface area contributed by atoms with Gasteiger partial charge in [0.05, 0.1) is 16.8 Å². The first-order chi connectivity index (χ1) is 20.1. The van der Waals surface area contributed by atoms with E-state index in [1.54, 1.807) is 6.20 Å². The quantitative estimate of drug-likeness (QED) is 0.230. The number of aromatic amines is 1. The normalized spacial score (nSPS) is 16.1. The number of sulfonamides is 2. The molecular weight excluding hydrogens is 620 g/mol. The molecule has 0 spiro atoms. The zero-order valence-electron chi connectivity index (χ0n) is 22.4. The number of anilines is 1. The van der Waals surface area contributed by atoms with Gasteiger partial charge in [-0.25, -0.2) is 8.78 Å². The van der Waals surface area contributed by atoms with E-state index < -0.39 is 62.7 Å². The van der Waals surface area contributed by atoms with Crippen LogP contribution in [0.4, 0.5) is 32.0 Å². The molecule has 2 heterocycles. The molecule has 5 rings (SSSR count). The molecule has 1 fully saturated rings. The molecule has 15 heteroatoms. The molecule has 1 saturated heterocycles. The summed E-state index contributed by atoms with van der Waals surface area (Å²) in [6.45, 7) is 1.41. The molecule has 0 radical (unpaired) electrons. The van der Waals surface area contributed by atoms with E-state index in [0.717, 1.165) is 42.5 Å². The fourth-order valence-corrected chi connectivity index (χ4v) is 8.87. The number of H-pyrrole nitrogens is 1. The van der Waals surface area contributed by atoms with Gasteiger partial charge in [-0.15, -0.1) is 0 Å². The van der Waals surface area contributed by atoms with Gasteiger partial charge in [0.25, 0.3) is 0 Å². The van der Waals surface area contributed by atoms with Gasteiger partial charge in [0.1, 0.15) is 11.6 Å². The number of rotatable bonds is 8. The molecule has 0 atom stereocenters. The average molecular weight is 646 g/mol. The Balaban J connectivity index is 1.75. The Morgan fingerprint density at radius 1 is 0.791 bits per heavy atom. The number of nitrogens with zero attached hydrogens (tertiary/aromatic N) is 2. The maximum absolute atomic E-state index is 15.7. The first-order valence-corrected chi connectivity index (χ1v) is 15.8. The van der Waals surface area contributed by atoms with E-state index >= 15 is 17.6 Å². The van der Waals surface area contributed by atoms with Gasteiger partial charge >= 0.3 is 30.6 Å². The van der Waals surface area contributed by atoms with E-state index in [1.807, 2.05) is 7.05 Å². The second-order valence-corrected chi connectivity index (χ2v) is 14.1. The lowest BCUT2D eigenvalue weighted by atomic mass is 9.89. The lowest BCUT2D eigenvalue weighted by molar-refractivity contribution is 0.0824. The van der Waals surface area contributed by atoms with Gasteiger partial charge in [0.2, 0.25) is 0 Å². The highest BCUT2D eigenvalue weighted by molar-refractivity contribution is 8.10. The van der Waals surface area contributed by atoms with Crippen molar-refractivity contribution in [3.63, 3.8) is 0 Å². The Morgan fingerprint density at radius 2 is 1.28 bits per heavy atom. The van der Waals surface area contributed by atoms with Gasteiger partial charge < -0.3 is 9.88 Å². The number of halogens is 6. The van der Waals surface area contributed by atoms with Crippen LogP contribution in [0.3, 0.4) is 0 Å². The van der Waals surface area contributed by atoms with Crippen LogP contribution in [-0.4, -0.2) is 46.9 Å². The van der Waals surface area contributed by atoms with E-state index in [9.17, 15) is 25.6 Å². The standard InChI is InChI=1S/C28H25F6N3O4S2/c1-36-14-12-18(13-15-36)21-17-35-26-11-10-19(16-20(21)26)37(42(38,39)27(31,32)22-6-2-4-8-24(22)29)43(40,41)28(33,34)23-7-3-5-9-25(23)30/h2-11,16-18,35H,12-15H2,1H3. The van der Waals surface area contributed by atoms with Crippen LogP contribution in [0.2, 0.25) is 0 Å². The van der Waals surface area contributed by atoms with Gasteiger partial charge in [0, 0.05) is 17.1 Å². The molecule has 3 aromatic carbocycles. The zero-order chi connectivity index (χ0) is 31.4. The van der Waals surface area contributed by atoms with Crippen LogP contribution in [0.5, 0.6) is 0 Å². The van der Waals surface area contributed by atoms with E-state index in [4.69, 9.17) is 0 Å². The summed E-state index contributed by atoms with van der Waals surface area (Å²) in [5.74, 6) is -3.54. The van der Waals surface area contributed by atoms with Crippen molar-refractivity contribution in [1.82, 2.24) is 9.88 Å². The van der Waals surface area contributed by atoms with E-state index in [1.165, 1.54) is 0 Å². The molecule has 230 valence electrons. The van der Waals surface area contributed by atoms with Crippen LogP contribution in [-0.2, 0) is 30.6 Å². The van der Waals surface area contributed by atoms with Gasteiger partial charge in [-0.2, -0.15) is 38.1 Å². The third-order valence-electron chi connectivity index (χ3n) is 7.53. The first kappa shape index (κ1) is 30.9. The number of piperidine rings is 1. The van der Waals surface area contributed by atoms with Crippen LogP contribution in [0, 0.1) is 11.6 Å². The Morgan fingerprint density at radius 3 is 1.77 bits per heavy atom. The van der Waals surface area contributed by atoms with Gasteiger partial charge in [0.15, 0.2) is 0 Å². The monoisotopic (exact) mass is 645 g/mol. The highest BCUT2D eigenvalue weighted by Gasteiger charge is 2.62. The van der Waals surface area contributed by atoms with Crippen molar-refractivity contribution in [3.8, 4) is 0 Å². The molecule has 1 aromatic heterocycles. The Kier molecular flexibility index (Phi) is 7.80. The molecule has 7 nitrogen and oxygen atoms in total. The topological polar surface area (TPSA) is 90.6 Å². The molecule has 43 heavy (non-hydrogen) atoms. The zero-order valence-corrected chi connectivity index (χ0v) is 24.1. The highest BCUT2D eigenvalue weighted by Crippen LogP contribution is 2.47. The minimum absolute atomic E-state index is 0.0958. The minimum atomic E-state index is -6.73. The van der Waals surface area contributed by atoms with E-state index in [0.29, 0.717) is 61.3 Å². The Labute approximate surface area is 243 Å². The van der Waals surface area contributed by atoms with Crippen molar-refractivity contribution >= 4 is 36.6 Å². The summed E-state index contributed by atoms with van der Waals surface area (Å²) >= 11 is 0. The summed E-state index contributed by atoms with van der Waals surface area (Å²) in [6.07, 6.45) is 2.91. The Hall–Kier alpha value is -3.56. The lowest BCUT2D eigenvalue weighted by Crippen LogP contribution is -2.50. The van der Waals surface area contributed by atoms with Crippen molar-refractivity contribution in [2.24, 2.45) is 0 Å². The van der Waals surface area contributed by atoms with Crippen molar-refractivity contribution in [3.05, 3.63) is 101 Å². The minimum Gasteiger partial charge on any atom is -0.361 e. The van der Waals surface area contributed by atoms with Gasteiger partial charge in [-0.3, -0.25) is 0 Å². The van der Waals surface area contributed by atoms with Gasteiger partial charge in [-0.05, 0) is 86.9 Å². The molecule has 0 unspecified atom stereocenters. The average Bonchev–Trinajstić information content (AvgIpc) is 3.36. The molecule has 0 aliphatic carbocycles. The van der Waals surface area contributed by atoms with E-state index in [2.05, 4.69) is 9.88 Å². The number of alkyl halides is 4. The predicted molar refractivity (Wildman–Crippen MR) is 149 cm³/mol. The molecule has 4 aromatic rings. The molecule has 0 saturated carbocycles. The third kappa shape index (κ3) is 5.06. The summed E-state index contributed by atoms with van der Waals surface area (Å²) in [5.41, 5.74) is -3.66. The van der Waals surface area contributed by atoms with Crippen LogP contribution < -0.4 is 3.71 Å². The van der Waals surface area contributed by atoms with Crippen molar-refractivity contribution < 1.29 is 43.2 Å². The summed E-state index contributed by atoms with van der Waals surface area (Å²) in [4.78, 5) is 5.02. The largest absolute Gasteiger partial charge is 0.393 e. The van der Waals surface area contributed by atoms with Crippen LogP contribution in [0.15, 0.2) is 72.9 Å². The maximum atomic E-state index is 15.7. The molecule has 1 aliphatic rings. The predicted octanol–water partition coefficient (Wildman–Crippen LogP) is 6.22. The number of nitrogens with one attached hydrogen (secondary N) is 1. The molecular formula is C28H25F6N3O4S2. The summed E-state index contributed by atoms with van der Waals surface area (Å²) in [7, 11) is -11.6. The fourth-order valence-electron chi connectivity index (χ4n) is 5.19. The number of hydrogen-bond donors (Lipinski definition) is 1. The maximum Gasteiger partial charge on any atom is 0.393 e. The number of benzene rings is 3.